The maximum absolute atomic E-state index is 12.6. The van der Waals surface area contributed by atoms with Gasteiger partial charge in [-0.1, -0.05) is 47.7 Å². The number of carbonyl (C=O) groups excluding carboxylic acids is 1. The summed E-state index contributed by atoms with van der Waals surface area (Å²) in [6.07, 6.45) is 2.93. The fourth-order valence-corrected chi connectivity index (χ4v) is 3.22. The molecule has 0 aliphatic carbocycles. The number of hydrogen-bond acceptors (Lipinski definition) is 6. The Hall–Kier alpha value is -3.39. The highest BCUT2D eigenvalue weighted by Gasteiger charge is 2.16. The Kier molecular flexibility index (Phi) is 4.02. The third kappa shape index (κ3) is 2.98. The minimum atomic E-state index is -0.561. The van der Waals surface area contributed by atoms with Crippen molar-refractivity contribution in [3.63, 3.8) is 0 Å². The molecule has 4 rings (SSSR count). The van der Waals surface area contributed by atoms with Crippen LogP contribution < -0.4 is 10.9 Å². The van der Waals surface area contributed by atoms with Crippen LogP contribution in [-0.4, -0.2) is 25.5 Å². The number of hydrogen-bond donors (Lipinski definition) is 1. The third-order valence-corrected chi connectivity index (χ3v) is 4.65. The molecule has 0 aliphatic rings. The molecule has 0 unspecified atom stereocenters. The number of aromatic nitrogens is 4. The van der Waals surface area contributed by atoms with Crippen molar-refractivity contribution in [2.24, 2.45) is 0 Å². The maximum Gasteiger partial charge on any atom is 0.270 e. The Morgan fingerprint density at radius 2 is 1.92 bits per heavy atom. The summed E-state index contributed by atoms with van der Waals surface area (Å²) >= 11 is 1.24. The Morgan fingerprint density at radius 1 is 1.12 bits per heavy atom. The standard InChI is InChI=1S/C18H13N5O2S/c1-11-7-8-14-19-9-13(17(25)23(14)10-11)15(24)20-18-22-21-16(26-18)12-5-3-2-4-6-12/h2-10H,1H3,(H,20,22,24). The van der Waals surface area contributed by atoms with Gasteiger partial charge in [0.2, 0.25) is 5.13 Å². The normalized spacial score (nSPS) is 10.8. The van der Waals surface area contributed by atoms with Crippen molar-refractivity contribution in [3.8, 4) is 10.6 Å². The van der Waals surface area contributed by atoms with Crippen molar-refractivity contribution in [2.75, 3.05) is 5.32 Å². The van der Waals surface area contributed by atoms with Crippen molar-refractivity contribution in [2.45, 2.75) is 6.92 Å². The van der Waals surface area contributed by atoms with Gasteiger partial charge in [0.1, 0.15) is 16.2 Å². The molecule has 0 fully saturated rings. The molecule has 0 atom stereocenters. The monoisotopic (exact) mass is 363 g/mol. The predicted molar refractivity (Wildman–Crippen MR) is 99.5 cm³/mol. The molecule has 0 bridgehead atoms. The molecule has 0 spiro atoms. The van der Waals surface area contributed by atoms with E-state index >= 15 is 0 Å². The van der Waals surface area contributed by atoms with E-state index in [9.17, 15) is 9.59 Å². The second-order valence-corrected chi connectivity index (χ2v) is 6.62. The minimum Gasteiger partial charge on any atom is -0.296 e. The number of carbonyl (C=O) groups is 1. The summed E-state index contributed by atoms with van der Waals surface area (Å²) in [5, 5.41) is 11.7. The molecule has 26 heavy (non-hydrogen) atoms. The number of amides is 1. The number of rotatable bonds is 3. The smallest absolute Gasteiger partial charge is 0.270 e. The van der Waals surface area contributed by atoms with Crippen molar-refractivity contribution in [3.05, 3.63) is 76.3 Å². The van der Waals surface area contributed by atoms with Gasteiger partial charge in [-0.05, 0) is 18.6 Å². The molecule has 8 heteroatoms. The molecule has 4 aromatic rings. The van der Waals surface area contributed by atoms with E-state index in [1.54, 1.807) is 12.3 Å². The zero-order chi connectivity index (χ0) is 18.1. The van der Waals surface area contributed by atoms with Gasteiger partial charge in [-0.2, -0.15) is 0 Å². The Bertz CT molecular complexity index is 1170. The molecule has 1 amide bonds. The van der Waals surface area contributed by atoms with Crippen molar-refractivity contribution in [1.29, 1.82) is 0 Å². The first kappa shape index (κ1) is 16.1. The van der Waals surface area contributed by atoms with E-state index in [1.165, 1.54) is 21.9 Å². The van der Waals surface area contributed by atoms with Gasteiger partial charge >= 0.3 is 0 Å². The highest BCUT2D eigenvalue weighted by molar-refractivity contribution is 7.18. The van der Waals surface area contributed by atoms with Gasteiger partial charge in [-0.15, -0.1) is 10.2 Å². The van der Waals surface area contributed by atoms with Gasteiger partial charge in [0, 0.05) is 18.0 Å². The molecular formula is C18H13N5O2S. The van der Waals surface area contributed by atoms with Crippen LogP contribution in [0.2, 0.25) is 0 Å². The first-order valence-corrected chi connectivity index (χ1v) is 8.62. The molecule has 1 N–H and O–H groups in total. The van der Waals surface area contributed by atoms with Crippen LogP contribution in [0.5, 0.6) is 0 Å². The average Bonchev–Trinajstić information content (AvgIpc) is 3.11. The van der Waals surface area contributed by atoms with E-state index in [0.717, 1.165) is 11.1 Å². The molecule has 3 aromatic heterocycles. The zero-order valence-corrected chi connectivity index (χ0v) is 14.5. The van der Waals surface area contributed by atoms with Gasteiger partial charge in [-0.25, -0.2) is 4.98 Å². The molecule has 1 aromatic carbocycles. The van der Waals surface area contributed by atoms with Crippen LogP contribution in [0.25, 0.3) is 16.2 Å². The van der Waals surface area contributed by atoms with Crippen LogP contribution in [0.4, 0.5) is 5.13 Å². The van der Waals surface area contributed by atoms with Crippen molar-refractivity contribution >= 4 is 28.0 Å². The van der Waals surface area contributed by atoms with Crippen LogP contribution >= 0.6 is 11.3 Å². The molecule has 7 nitrogen and oxygen atoms in total. The predicted octanol–water partition coefficient (Wildman–Crippen LogP) is 2.77. The molecular weight excluding hydrogens is 350 g/mol. The van der Waals surface area contributed by atoms with Crippen LogP contribution in [0.1, 0.15) is 15.9 Å². The van der Waals surface area contributed by atoms with E-state index in [1.807, 2.05) is 43.3 Å². The first-order chi connectivity index (χ1) is 12.6. The van der Waals surface area contributed by atoms with E-state index in [2.05, 4.69) is 20.5 Å². The summed E-state index contributed by atoms with van der Waals surface area (Å²) in [5.41, 5.74) is 1.82. The van der Waals surface area contributed by atoms with Crippen LogP contribution in [0.15, 0.2) is 59.7 Å². The second-order valence-electron chi connectivity index (χ2n) is 5.64. The molecule has 128 valence electrons. The number of nitrogens with one attached hydrogen (secondary N) is 1. The van der Waals surface area contributed by atoms with Crippen LogP contribution in [-0.2, 0) is 0 Å². The van der Waals surface area contributed by atoms with E-state index in [-0.39, 0.29) is 5.56 Å². The Morgan fingerprint density at radius 3 is 2.73 bits per heavy atom. The van der Waals surface area contributed by atoms with Crippen molar-refractivity contribution < 1.29 is 4.79 Å². The van der Waals surface area contributed by atoms with Gasteiger partial charge in [0.15, 0.2) is 0 Å². The second kappa shape index (κ2) is 6.49. The van der Waals surface area contributed by atoms with Crippen molar-refractivity contribution in [1.82, 2.24) is 19.6 Å². The molecule has 3 heterocycles. The van der Waals surface area contributed by atoms with Crippen LogP contribution in [0.3, 0.4) is 0 Å². The molecule has 0 aliphatic heterocycles. The number of benzene rings is 1. The highest BCUT2D eigenvalue weighted by atomic mass is 32.1. The summed E-state index contributed by atoms with van der Waals surface area (Å²) in [6, 6.07) is 13.1. The SMILES string of the molecule is Cc1ccc2ncc(C(=O)Nc3nnc(-c4ccccc4)s3)c(=O)n2c1. The minimum absolute atomic E-state index is 0.0513. The third-order valence-electron chi connectivity index (χ3n) is 3.76. The summed E-state index contributed by atoms with van der Waals surface area (Å²) in [6.45, 7) is 1.87. The topological polar surface area (TPSA) is 89.2 Å². The number of anilines is 1. The van der Waals surface area contributed by atoms with E-state index in [4.69, 9.17) is 0 Å². The lowest BCUT2D eigenvalue weighted by molar-refractivity contribution is 0.102. The Balaban J connectivity index is 1.63. The summed E-state index contributed by atoms with van der Waals surface area (Å²) in [5.74, 6) is -0.561. The maximum atomic E-state index is 12.6. The quantitative estimate of drug-likeness (QED) is 0.604. The number of pyridine rings is 1. The number of fused-ring (bicyclic) bond motifs is 1. The van der Waals surface area contributed by atoms with Gasteiger partial charge in [-0.3, -0.25) is 19.3 Å². The number of nitrogens with zero attached hydrogens (tertiary/aromatic N) is 4. The lowest BCUT2D eigenvalue weighted by atomic mass is 10.2. The van der Waals surface area contributed by atoms with E-state index in [0.29, 0.717) is 15.8 Å². The van der Waals surface area contributed by atoms with E-state index < -0.39 is 11.5 Å². The fraction of sp³-hybridized carbons (Fsp3) is 0.0556. The first-order valence-electron chi connectivity index (χ1n) is 7.80. The Labute approximate surface area is 152 Å². The molecule has 0 saturated carbocycles. The van der Waals surface area contributed by atoms with Gasteiger partial charge in [0.05, 0.1) is 0 Å². The summed E-state index contributed by atoms with van der Waals surface area (Å²) < 4.78 is 1.36. The lowest BCUT2D eigenvalue weighted by Gasteiger charge is -2.04. The summed E-state index contributed by atoms with van der Waals surface area (Å²) in [7, 11) is 0. The molecule has 0 saturated heterocycles. The average molecular weight is 363 g/mol. The lowest BCUT2D eigenvalue weighted by Crippen LogP contribution is -2.26. The zero-order valence-electron chi connectivity index (χ0n) is 13.7. The number of aryl methyl sites for hydroxylation is 1. The summed E-state index contributed by atoms with van der Waals surface area (Å²) in [4.78, 5) is 29.2. The fourth-order valence-electron chi connectivity index (χ4n) is 2.47. The van der Waals surface area contributed by atoms with Gasteiger partial charge in [0.25, 0.3) is 11.5 Å². The highest BCUT2D eigenvalue weighted by Crippen LogP contribution is 2.26. The molecule has 0 radical (unpaired) electrons. The van der Waals surface area contributed by atoms with Gasteiger partial charge < -0.3 is 0 Å². The largest absolute Gasteiger partial charge is 0.296 e. The van der Waals surface area contributed by atoms with Crippen LogP contribution in [0, 0.1) is 6.92 Å².